The fraction of sp³-hybridized carbons (Fsp3) is 0.222. The highest BCUT2D eigenvalue weighted by Crippen LogP contribution is 2.15. The summed E-state index contributed by atoms with van der Waals surface area (Å²) in [4.78, 5) is 11.9. The molecule has 1 aromatic heterocycles. The largest absolute Gasteiger partial charge is 0.493 e. The molecular formula is C18H19N3O2S. The molecule has 6 heteroatoms. The number of benzene rings is 2. The van der Waals surface area contributed by atoms with Crippen LogP contribution >= 0.6 is 11.8 Å². The van der Waals surface area contributed by atoms with Crippen LogP contribution in [-0.2, 0) is 13.0 Å². The maximum absolute atomic E-state index is 11.9. The first-order chi connectivity index (χ1) is 11.8. The van der Waals surface area contributed by atoms with Crippen LogP contribution in [0.25, 0.3) is 0 Å². The molecule has 0 atom stereocenters. The van der Waals surface area contributed by atoms with Crippen molar-refractivity contribution in [2.45, 2.75) is 18.1 Å². The summed E-state index contributed by atoms with van der Waals surface area (Å²) in [5, 5.41) is 7.33. The van der Waals surface area contributed by atoms with E-state index in [-0.39, 0.29) is 5.69 Å². The number of rotatable bonds is 8. The van der Waals surface area contributed by atoms with Crippen molar-refractivity contribution < 1.29 is 4.74 Å². The normalized spacial score (nSPS) is 10.7. The lowest BCUT2D eigenvalue weighted by atomic mass is 10.1. The second kappa shape index (κ2) is 8.40. The van der Waals surface area contributed by atoms with Crippen molar-refractivity contribution in [1.29, 1.82) is 0 Å². The van der Waals surface area contributed by atoms with Gasteiger partial charge in [-0.3, -0.25) is 4.57 Å². The number of thioether (sulfide) groups is 1. The Kier molecular flexibility index (Phi) is 5.74. The Morgan fingerprint density at radius 2 is 1.75 bits per heavy atom. The molecule has 3 aromatic rings. The van der Waals surface area contributed by atoms with Gasteiger partial charge < -0.3 is 4.74 Å². The van der Waals surface area contributed by atoms with Crippen LogP contribution in [0.3, 0.4) is 0 Å². The number of aromatic amines is 1. The summed E-state index contributed by atoms with van der Waals surface area (Å²) < 4.78 is 7.34. The van der Waals surface area contributed by atoms with Crippen molar-refractivity contribution in [1.82, 2.24) is 14.8 Å². The third-order valence-corrected chi connectivity index (χ3v) is 4.46. The molecule has 0 saturated heterocycles. The van der Waals surface area contributed by atoms with Gasteiger partial charge in [-0.1, -0.05) is 60.3 Å². The van der Waals surface area contributed by atoms with E-state index in [1.807, 2.05) is 48.5 Å². The first kappa shape index (κ1) is 16.4. The van der Waals surface area contributed by atoms with Crippen molar-refractivity contribution in [2.75, 3.05) is 12.4 Å². The van der Waals surface area contributed by atoms with E-state index in [1.54, 1.807) is 4.57 Å². The van der Waals surface area contributed by atoms with Crippen molar-refractivity contribution in [3.63, 3.8) is 0 Å². The molecule has 0 amide bonds. The lowest BCUT2D eigenvalue weighted by Gasteiger charge is -2.07. The zero-order valence-electron chi connectivity index (χ0n) is 13.2. The zero-order chi connectivity index (χ0) is 16.6. The summed E-state index contributed by atoms with van der Waals surface area (Å²) in [6.07, 6.45) is 0.800. The van der Waals surface area contributed by atoms with Crippen molar-refractivity contribution in [3.05, 3.63) is 76.7 Å². The van der Waals surface area contributed by atoms with Gasteiger partial charge in [0.25, 0.3) is 0 Å². The summed E-state index contributed by atoms with van der Waals surface area (Å²) in [5.74, 6) is 1.58. The molecule has 1 heterocycles. The summed E-state index contributed by atoms with van der Waals surface area (Å²) in [5.41, 5.74) is 1.03. The summed E-state index contributed by atoms with van der Waals surface area (Å²) in [6.45, 7) is 1.18. The molecule has 0 spiro atoms. The highest BCUT2D eigenvalue weighted by atomic mass is 32.2. The van der Waals surface area contributed by atoms with Gasteiger partial charge in [-0.15, -0.1) is 5.10 Å². The van der Waals surface area contributed by atoms with E-state index in [2.05, 4.69) is 22.3 Å². The van der Waals surface area contributed by atoms with Crippen LogP contribution in [0.1, 0.15) is 5.56 Å². The highest BCUT2D eigenvalue weighted by molar-refractivity contribution is 7.99. The van der Waals surface area contributed by atoms with E-state index < -0.39 is 0 Å². The average Bonchev–Trinajstić information content (AvgIpc) is 2.98. The monoisotopic (exact) mass is 341 g/mol. The molecule has 24 heavy (non-hydrogen) atoms. The molecule has 0 aliphatic carbocycles. The predicted octanol–water partition coefficient (Wildman–Crippen LogP) is 2.99. The zero-order valence-corrected chi connectivity index (χ0v) is 14.0. The number of ether oxygens (including phenoxy) is 1. The Bertz CT molecular complexity index is 800. The van der Waals surface area contributed by atoms with Gasteiger partial charge in [-0.25, -0.2) is 9.89 Å². The Labute approximate surface area is 144 Å². The molecule has 0 bridgehead atoms. The third-order valence-electron chi connectivity index (χ3n) is 3.52. The number of hydrogen-bond donors (Lipinski definition) is 1. The molecule has 0 saturated carbocycles. The topological polar surface area (TPSA) is 59.9 Å². The standard InChI is InChI=1S/C18H19N3O2S/c22-17-19-20-18(21(17)12-11-15-7-3-1-4-8-15)24-14-13-23-16-9-5-2-6-10-16/h1-10H,11-14H2,(H,19,22). The van der Waals surface area contributed by atoms with E-state index in [0.717, 1.165) is 17.9 Å². The van der Waals surface area contributed by atoms with Crippen molar-refractivity contribution in [2.24, 2.45) is 0 Å². The first-order valence-corrected chi connectivity index (χ1v) is 8.81. The number of H-pyrrole nitrogens is 1. The van der Waals surface area contributed by atoms with Crippen LogP contribution in [0, 0.1) is 0 Å². The van der Waals surface area contributed by atoms with Crippen LogP contribution < -0.4 is 10.4 Å². The lowest BCUT2D eigenvalue weighted by Crippen LogP contribution is -2.19. The van der Waals surface area contributed by atoms with Gasteiger partial charge in [0.05, 0.1) is 6.61 Å². The summed E-state index contributed by atoms with van der Waals surface area (Å²) >= 11 is 1.52. The number of aryl methyl sites for hydroxylation is 1. The van der Waals surface area contributed by atoms with E-state index in [1.165, 1.54) is 17.3 Å². The van der Waals surface area contributed by atoms with Gasteiger partial charge in [0.1, 0.15) is 5.75 Å². The Morgan fingerprint density at radius 3 is 2.50 bits per heavy atom. The minimum atomic E-state index is -0.169. The van der Waals surface area contributed by atoms with Gasteiger partial charge in [-0.05, 0) is 24.1 Å². The van der Waals surface area contributed by atoms with Crippen LogP contribution in [-0.4, -0.2) is 27.1 Å². The molecule has 0 aliphatic heterocycles. The van der Waals surface area contributed by atoms with Gasteiger partial charge in [0.15, 0.2) is 5.16 Å². The summed E-state index contributed by atoms with van der Waals surface area (Å²) in [6, 6.07) is 19.8. The minimum Gasteiger partial charge on any atom is -0.493 e. The highest BCUT2D eigenvalue weighted by Gasteiger charge is 2.09. The second-order valence-corrected chi connectivity index (χ2v) is 6.27. The number of para-hydroxylation sites is 1. The Balaban J connectivity index is 1.52. The molecule has 5 nitrogen and oxygen atoms in total. The number of nitrogens with one attached hydrogen (secondary N) is 1. The molecular weight excluding hydrogens is 322 g/mol. The van der Waals surface area contributed by atoms with Crippen LogP contribution in [0.2, 0.25) is 0 Å². The minimum absolute atomic E-state index is 0.169. The number of nitrogens with zero attached hydrogens (tertiary/aromatic N) is 2. The Hall–Kier alpha value is -2.47. The van der Waals surface area contributed by atoms with Crippen LogP contribution in [0.4, 0.5) is 0 Å². The third kappa shape index (κ3) is 4.52. The number of aromatic nitrogens is 3. The van der Waals surface area contributed by atoms with Crippen molar-refractivity contribution >= 4 is 11.8 Å². The predicted molar refractivity (Wildman–Crippen MR) is 95.7 cm³/mol. The molecule has 0 fully saturated rings. The molecule has 0 radical (unpaired) electrons. The Morgan fingerprint density at radius 1 is 1.04 bits per heavy atom. The van der Waals surface area contributed by atoms with Crippen molar-refractivity contribution in [3.8, 4) is 5.75 Å². The van der Waals surface area contributed by atoms with E-state index in [0.29, 0.717) is 18.3 Å². The average molecular weight is 341 g/mol. The van der Waals surface area contributed by atoms with E-state index in [9.17, 15) is 4.79 Å². The van der Waals surface area contributed by atoms with Gasteiger partial charge >= 0.3 is 5.69 Å². The molecule has 3 rings (SSSR count). The fourth-order valence-corrected chi connectivity index (χ4v) is 3.09. The quantitative estimate of drug-likeness (QED) is 0.505. The van der Waals surface area contributed by atoms with Gasteiger partial charge in [0.2, 0.25) is 0 Å². The molecule has 0 aliphatic rings. The first-order valence-electron chi connectivity index (χ1n) is 7.83. The van der Waals surface area contributed by atoms with Gasteiger partial charge in [0, 0.05) is 12.3 Å². The van der Waals surface area contributed by atoms with Crippen LogP contribution in [0.15, 0.2) is 70.6 Å². The van der Waals surface area contributed by atoms with E-state index in [4.69, 9.17) is 4.74 Å². The van der Waals surface area contributed by atoms with Gasteiger partial charge in [-0.2, -0.15) is 0 Å². The lowest BCUT2D eigenvalue weighted by molar-refractivity contribution is 0.344. The summed E-state index contributed by atoms with van der Waals surface area (Å²) in [7, 11) is 0. The molecule has 1 N–H and O–H groups in total. The second-order valence-electron chi connectivity index (χ2n) is 5.21. The number of hydrogen-bond acceptors (Lipinski definition) is 4. The molecule has 124 valence electrons. The smallest absolute Gasteiger partial charge is 0.343 e. The maximum Gasteiger partial charge on any atom is 0.343 e. The SMILES string of the molecule is O=c1[nH]nc(SCCOc2ccccc2)n1CCc1ccccc1. The fourth-order valence-electron chi connectivity index (χ4n) is 2.31. The van der Waals surface area contributed by atoms with E-state index >= 15 is 0 Å². The molecule has 2 aromatic carbocycles. The maximum atomic E-state index is 11.9. The molecule has 0 unspecified atom stereocenters. The van der Waals surface area contributed by atoms with Crippen LogP contribution in [0.5, 0.6) is 5.75 Å².